The summed E-state index contributed by atoms with van der Waals surface area (Å²) in [5.41, 5.74) is 0.520. The van der Waals surface area contributed by atoms with E-state index in [1.807, 2.05) is 18.2 Å². The number of carbonyl (C=O) groups is 1. The van der Waals surface area contributed by atoms with Crippen LogP contribution in [0.4, 0.5) is 5.69 Å². The normalized spacial score (nSPS) is 39.9. The van der Waals surface area contributed by atoms with Gasteiger partial charge in [0.05, 0.1) is 5.41 Å². The first kappa shape index (κ1) is 16.5. The van der Waals surface area contributed by atoms with Gasteiger partial charge >= 0.3 is 0 Å². The zero-order valence-corrected chi connectivity index (χ0v) is 16.3. The fourth-order valence-electron chi connectivity index (χ4n) is 6.97. The molecule has 4 nitrogen and oxygen atoms in total. The Hall–Kier alpha value is -1.42. The maximum atomic E-state index is 13.3. The predicted octanol–water partition coefficient (Wildman–Crippen LogP) is 5.24. The van der Waals surface area contributed by atoms with Crippen LogP contribution in [-0.4, -0.2) is 16.6 Å². The molecule has 4 atom stereocenters. The van der Waals surface area contributed by atoms with Gasteiger partial charge < -0.3 is 14.8 Å². The van der Waals surface area contributed by atoms with Crippen LogP contribution < -0.4 is 14.8 Å². The van der Waals surface area contributed by atoms with E-state index in [0.29, 0.717) is 11.8 Å². The highest BCUT2D eigenvalue weighted by Gasteiger charge is 2.60. The molecule has 5 saturated carbocycles. The molecule has 0 radical (unpaired) electrons. The molecule has 1 aromatic rings. The molecule has 5 fully saturated rings. The molecule has 0 saturated heterocycles. The minimum Gasteiger partial charge on any atom is -0.448 e. The van der Waals surface area contributed by atoms with Gasteiger partial charge in [-0.15, -0.1) is 11.6 Å². The molecule has 0 aromatic heterocycles. The van der Waals surface area contributed by atoms with Gasteiger partial charge in [0.15, 0.2) is 11.5 Å². The van der Waals surface area contributed by atoms with E-state index in [9.17, 15) is 4.79 Å². The van der Waals surface area contributed by atoms with Gasteiger partial charge in [-0.1, -0.05) is 0 Å². The molecule has 1 heterocycles. The Morgan fingerprint density at radius 2 is 1.74 bits per heavy atom. The third-order valence-electron chi connectivity index (χ3n) is 7.63. The number of amides is 1. The second-order valence-electron chi connectivity index (χ2n) is 9.83. The van der Waals surface area contributed by atoms with Gasteiger partial charge in [-0.2, -0.15) is 0 Å². The minimum absolute atomic E-state index is 0.148. The fourth-order valence-corrected chi connectivity index (χ4v) is 7.66. The Bertz CT molecular complexity index is 802. The molecule has 1 aliphatic heterocycles. The summed E-state index contributed by atoms with van der Waals surface area (Å²) in [4.78, 5) is 13.2. The minimum atomic E-state index is -0.462. The molecule has 2 unspecified atom stereocenters. The second-order valence-corrected chi connectivity index (χ2v) is 10.6. The molecule has 1 amide bonds. The van der Waals surface area contributed by atoms with Gasteiger partial charge in [0, 0.05) is 29.5 Å². The molecule has 1 spiro atoms. The lowest BCUT2D eigenvalue weighted by atomic mass is 9.49. The third kappa shape index (κ3) is 2.52. The molecule has 1 N–H and O–H groups in total. The van der Waals surface area contributed by atoms with Gasteiger partial charge in [-0.05, 0) is 75.3 Å². The van der Waals surface area contributed by atoms with Crippen LogP contribution in [0.25, 0.3) is 0 Å². The number of fused-ring (bicyclic) bond motifs is 1. The molecule has 144 valence electrons. The first-order chi connectivity index (χ1) is 13.0. The average Bonchev–Trinajstić information content (AvgIpc) is 3.18. The number of hydrogen-bond acceptors (Lipinski definition) is 3. The van der Waals surface area contributed by atoms with Crippen molar-refractivity contribution in [2.24, 2.45) is 17.3 Å². The summed E-state index contributed by atoms with van der Waals surface area (Å²) < 4.78 is 12.2. The number of carbonyl (C=O) groups excluding carboxylic acids is 1. The lowest BCUT2D eigenvalue weighted by Crippen LogP contribution is -2.57. The smallest absolute Gasteiger partial charge is 0.251 e. The summed E-state index contributed by atoms with van der Waals surface area (Å²) in [6, 6.07) is 5.79. The number of alkyl halides is 1. The van der Waals surface area contributed by atoms with Gasteiger partial charge in [0.25, 0.3) is 5.79 Å². The maximum Gasteiger partial charge on any atom is 0.251 e. The molecule has 4 bridgehead atoms. The molecule has 1 aromatic carbocycles. The third-order valence-corrected chi connectivity index (χ3v) is 8.07. The van der Waals surface area contributed by atoms with Crippen molar-refractivity contribution in [3.8, 4) is 11.5 Å². The Balaban J connectivity index is 1.23. The van der Waals surface area contributed by atoms with Crippen LogP contribution >= 0.6 is 11.6 Å². The summed E-state index contributed by atoms with van der Waals surface area (Å²) in [6.07, 6.45) is 10.4. The number of halogens is 1. The van der Waals surface area contributed by atoms with Crippen LogP contribution in [0.15, 0.2) is 18.2 Å². The second kappa shape index (κ2) is 5.34. The van der Waals surface area contributed by atoms with Crippen LogP contribution in [-0.2, 0) is 4.79 Å². The van der Waals surface area contributed by atoms with Crippen molar-refractivity contribution in [1.29, 1.82) is 0 Å². The van der Waals surface area contributed by atoms with Crippen LogP contribution in [0.3, 0.4) is 0 Å². The monoisotopic (exact) mass is 387 g/mol. The number of ether oxygens (including phenoxy) is 2. The van der Waals surface area contributed by atoms with Crippen molar-refractivity contribution >= 4 is 23.2 Å². The number of rotatable bonds is 2. The summed E-state index contributed by atoms with van der Waals surface area (Å²) in [5.74, 6) is 2.48. The Morgan fingerprint density at radius 1 is 1.04 bits per heavy atom. The first-order valence-electron chi connectivity index (χ1n) is 10.5. The van der Waals surface area contributed by atoms with Gasteiger partial charge in [-0.25, -0.2) is 0 Å². The van der Waals surface area contributed by atoms with E-state index in [1.54, 1.807) is 0 Å². The van der Waals surface area contributed by atoms with Gasteiger partial charge in [0.1, 0.15) is 0 Å². The Kier molecular flexibility index (Phi) is 3.27. The van der Waals surface area contributed by atoms with Crippen molar-refractivity contribution in [1.82, 2.24) is 0 Å². The summed E-state index contributed by atoms with van der Waals surface area (Å²) in [7, 11) is 0. The molecule has 5 heteroatoms. The average molecular weight is 388 g/mol. The predicted molar refractivity (Wildman–Crippen MR) is 103 cm³/mol. The van der Waals surface area contributed by atoms with E-state index in [4.69, 9.17) is 21.1 Å². The number of anilines is 1. The number of benzene rings is 1. The Morgan fingerprint density at radius 3 is 2.44 bits per heavy atom. The maximum absolute atomic E-state index is 13.3. The molecule has 5 aliphatic carbocycles. The largest absolute Gasteiger partial charge is 0.448 e. The zero-order valence-electron chi connectivity index (χ0n) is 15.6. The molecule has 7 rings (SSSR count). The molecule has 27 heavy (non-hydrogen) atoms. The quantitative estimate of drug-likeness (QED) is 0.705. The highest BCUT2D eigenvalue weighted by atomic mass is 35.5. The number of nitrogens with one attached hydrogen (secondary N) is 1. The van der Waals surface area contributed by atoms with Crippen LogP contribution in [0.1, 0.15) is 64.2 Å². The van der Waals surface area contributed by atoms with Crippen LogP contribution in [0.5, 0.6) is 11.5 Å². The summed E-state index contributed by atoms with van der Waals surface area (Å²) in [5, 5.41) is 3.19. The molecular weight excluding hydrogens is 362 g/mol. The van der Waals surface area contributed by atoms with Crippen LogP contribution in [0.2, 0.25) is 0 Å². The SMILES string of the molecule is O=C(Nc1ccc2c(c1)OC1(CCCC1)O2)C12C[C@@H]3C[C@@H](CC(Cl)(C3)C1)C2. The van der Waals surface area contributed by atoms with Crippen molar-refractivity contribution < 1.29 is 14.3 Å². The van der Waals surface area contributed by atoms with Crippen molar-refractivity contribution in [2.45, 2.75) is 74.9 Å². The number of hydrogen-bond donors (Lipinski definition) is 1. The van der Waals surface area contributed by atoms with E-state index in [1.165, 1.54) is 6.42 Å². The summed E-state index contributed by atoms with van der Waals surface area (Å²) in [6.45, 7) is 0. The van der Waals surface area contributed by atoms with E-state index in [0.717, 1.165) is 75.0 Å². The van der Waals surface area contributed by atoms with Crippen molar-refractivity contribution in [3.05, 3.63) is 18.2 Å². The molecule has 6 aliphatic rings. The first-order valence-corrected chi connectivity index (χ1v) is 10.9. The van der Waals surface area contributed by atoms with Crippen LogP contribution in [0, 0.1) is 17.3 Å². The zero-order chi connectivity index (χ0) is 18.3. The van der Waals surface area contributed by atoms with E-state index in [2.05, 4.69) is 5.32 Å². The lowest BCUT2D eigenvalue weighted by molar-refractivity contribution is -0.138. The van der Waals surface area contributed by atoms with Crippen molar-refractivity contribution in [3.63, 3.8) is 0 Å². The standard InChI is InChI=1S/C22H26ClNO3/c23-21-11-14-7-15(12-21)10-20(9-14,13-21)19(25)24-16-3-4-17-18(8-16)27-22(26-17)5-1-2-6-22/h3-4,8,14-15H,1-2,5-7,9-13H2,(H,24,25)/t14-,15+,20?,21?. The highest BCUT2D eigenvalue weighted by Crippen LogP contribution is 2.64. The van der Waals surface area contributed by atoms with E-state index >= 15 is 0 Å². The van der Waals surface area contributed by atoms with E-state index in [-0.39, 0.29) is 16.2 Å². The lowest BCUT2D eigenvalue weighted by Gasteiger charge is -2.59. The van der Waals surface area contributed by atoms with E-state index < -0.39 is 5.79 Å². The summed E-state index contributed by atoms with van der Waals surface area (Å²) >= 11 is 6.90. The molecular formula is C22H26ClNO3. The van der Waals surface area contributed by atoms with Gasteiger partial charge in [0.2, 0.25) is 5.91 Å². The fraction of sp³-hybridized carbons (Fsp3) is 0.682. The van der Waals surface area contributed by atoms with Gasteiger partial charge in [-0.3, -0.25) is 4.79 Å². The highest BCUT2D eigenvalue weighted by molar-refractivity contribution is 6.24. The van der Waals surface area contributed by atoms with Crippen molar-refractivity contribution in [2.75, 3.05) is 5.32 Å². The topological polar surface area (TPSA) is 47.6 Å². The Labute approximate surface area is 164 Å².